The first-order valence-corrected chi connectivity index (χ1v) is 4.01. The Balaban J connectivity index is 2.40. The summed E-state index contributed by atoms with van der Waals surface area (Å²) in [5.41, 5.74) is 0. The lowest BCUT2D eigenvalue weighted by Crippen LogP contribution is -2.37. The highest BCUT2D eigenvalue weighted by molar-refractivity contribution is 5.50. The van der Waals surface area contributed by atoms with Crippen LogP contribution in [-0.4, -0.2) is 29.7 Å². The van der Waals surface area contributed by atoms with Crippen LogP contribution < -0.4 is 0 Å². The third-order valence-electron chi connectivity index (χ3n) is 2.03. The van der Waals surface area contributed by atoms with Gasteiger partial charge in [0, 0.05) is 6.42 Å². The lowest BCUT2D eigenvalue weighted by atomic mass is 10.0. The van der Waals surface area contributed by atoms with Crippen molar-refractivity contribution in [1.82, 2.24) is 0 Å². The quantitative estimate of drug-likeness (QED) is 0.595. The Morgan fingerprint density at radius 1 is 1.64 bits per heavy atom. The van der Waals surface area contributed by atoms with E-state index in [1.807, 2.05) is 6.92 Å². The second-order valence-electron chi connectivity index (χ2n) is 3.03. The van der Waals surface area contributed by atoms with Crippen LogP contribution in [0.25, 0.3) is 0 Å². The largest absolute Gasteiger partial charge is 0.390 e. The molecule has 64 valence electrons. The summed E-state index contributed by atoms with van der Waals surface area (Å²) < 4.78 is 5.36. The van der Waals surface area contributed by atoms with E-state index in [1.165, 1.54) is 0 Å². The van der Waals surface area contributed by atoms with Gasteiger partial charge in [-0.25, -0.2) is 0 Å². The Kier molecular flexibility index (Phi) is 3.02. The van der Waals surface area contributed by atoms with Crippen LogP contribution in [0.5, 0.6) is 0 Å². The number of aliphatic hydroxyl groups is 1. The van der Waals surface area contributed by atoms with Gasteiger partial charge < -0.3 is 14.6 Å². The van der Waals surface area contributed by atoms with Crippen molar-refractivity contribution in [3.8, 4) is 0 Å². The normalized spacial score (nSPS) is 38.5. The minimum Gasteiger partial charge on any atom is -0.390 e. The van der Waals surface area contributed by atoms with Gasteiger partial charge in [0.2, 0.25) is 0 Å². The van der Waals surface area contributed by atoms with Crippen LogP contribution in [0.3, 0.4) is 0 Å². The molecule has 0 amide bonds. The van der Waals surface area contributed by atoms with E-state index >= 15 is 0 Å². The maximum atomic E-state index is 10.1. The molecule has 1 aliphatic heterocycles. The molecule has 0 aromatic carbocycles. The fourth-order valence-corrected chi connectivity index (χ4v) is 1.36. The molecule has 1 rings (SSSR count). The molecule has 3 nitrogen and oxygen atoms in total. The van der Waals surface area contributed by atoms with Gasteiger partial charge in [0.05, 0.1) is 18.3 Å². The number of aliphatic hydroxyl groups excluding tert-OH is 1. The Morgan fingerprint density at radius 2 is 2.36 bits per heavy atom. The third-order valence-corrected chi connectivity index (χ3v) is 2.03. The molecular formula is C8H14O3. The Labute approximate surface area is 66.4 Å². The van der Waals surface area contributed by atoms with Gasteiger partial charge in [0.25, 0.3) is 0 Å². The Bertz CT molecular complexity index is 135. The van der Waals surface area contributed by atoms with Gasteiger partial charge in [0.1, 0.15) is 6.29 Å². The minimum absolute atomic E-state index is 0.184. The van der Waals surface area contributed by atoms with E-state index in [4.69, 9.17) is 4.74 Å². The predicted molar refractivity (Wildman–Crippen MR) is 40.3 cm³/mol. The molecule has 11 heavy (non-hydrogen) atoms. The standard InChI is InChI=1S/C8H14O3/c1-6-2-3-7(10)8(11-6)4-5-9/h5-8,10H,2-4H2,1H3/t6-,7+,8-/m1/s1. The summed E-state index contributed by atoms with van der Waals surface area (Å²) in [7, 11) is 0. The van der Waals surface area contributed by atoms with Crippen LogP contribution in [0, 0.1) is 0 Å². The first-order chi connectivity index (χ1) is 5.24. The van der Waals surface area contributed by atoms with E-state index < -0.39 is 6.10 Å². The zero-order valence-corrected chi connectivity index (χ0v) is 6.69. The van der Waals surface area contributed by atoms with Crippen molar-refractivity contribution < 1.29 is 14.6 Å². The fourth-order valence-electron chi connectivity index (χ4n) is 1.36. The molecule has 3 heteroatoms. The second kappa shape index (κ2) is 3.83. The van der Waals surface area contributed by atoms with Crippen LogP contribution in [0.1, 0.15) is 26.2 Å². The van der Waals surface area contributed by atoms with Gasteiger partial charge in [0.15, 0.2) is 0 Å². The molecule has 0 unspecified atom stereocenters. The highest BCUT2D eigenvalue weighted by Gasteiger charge is 2.26. The number of hydrogen-bond donors (Lipinski definition) is 1. The van der Waals surface area contributed by atoms with Crippen molar-refractivity contribution in [2.75, 3.05) is 0 Å². The summed E-state index contributed by atoms with van der Waals surface area (Å²) in [5, 5.41) is 9.33. The number of aldehydes is 1. The van der Waals surface area contributed by atoms with Crippen LogP contribution in [0.15, 0.2) is 0 Å². The molecule has 0 aromatic heterocycles. The average Bonchev–Trinajstić information content (AvgIpc) is 1.98. The number of hydrogen-bond acceptors (Lipinski definition) is 3. The molecule has 1 heterocycles. The topological polar surface area (TPSA) is 46.5 Å². The number of carbonyl (C=O) groups excluding carboxylic acids is 1. The Morgan fingerprint density at radius 3 is 3.00 bits per heavy atom. The van der Waals surface area contributed by atoms with Crippen molar-refractivity contribution in [3.63, 3.8) is 0 Å². The first kappa shape index (κ1) is 8.68. The van der Waals surface area contributed by atoms with Gasteiger partial charge in [-0.15, -0.1) is 0 Å². The zero-order chi connectivity index (χ0) is 8.27. The number of rotatable bonds is 2. The van der Waals surface area contributed by atoms with Gasteiger partial charge in [-0.05, 0) is 19.8 Å². The highest BCUT2D eigenvalue weighted by atomic mass is 16.5. The minimum atomic E-state index is -0.448. The van der Waals surface area contributed by atoms with Crippen molar-refractivity contribution in [3.05, 3.63) is 0 Å². The van der Waals surface area contributed by atoms with Crippen molar-refractivity contribution in [1.29, 1.82) is 0 Å². The fraction of sp³-hybridized carbons (Fsp3) is 0.875. The van der Waals surface area contributed by atoms with E-state index in [1.54, 1.807) is 0 Å². The maximum Gasteiger partial charge on any atom is 0.122 e. The summed E-state index contributed by atoms with van der Waals surface area (Å²) in [6.45, 7) is 1.96. The molecular weight excluding hydrogens is 144 g/mol. The molecule has 0 aliphatic carbocycles. The van der Waals surface area contributed by atoms with Crippen LogP contribution in [-0.2, 0) is 9.53 Å². The SMILES string of the molecule is C[C@@H]1CC[C@H](O)[C@@H](CC=O)O1. The lowest BCUT2D eigenvalue weighted by Gasteiger charge is -2.31. The molecule has 0 saturated carbocycles. The maximum absolute atomic E-state index is 10.1. The predicted octanol–water partition coefficient (Wildman–Crippen LogP) is 0.504. The summed E-state index contributed by atoms with van der Waals surface area (Å²) >= 11 is 0. The Hall–Kier alpha value is -0.410. The molecule has 1 aliphatic rings. The van der Waals surface area contributed by atoms with Crippen molar-refractivity contribution in [2.45, 2.75) is 44.5 Å². The van der Waals surface area contributed by atoms with Gasteiger partial charge in [-0.2, -0.15) is 0 Å². The number of carbonyl (C=O) groups is 1. The molecule has 1 saturated heterocycles. The molecule has 3 atom stereocenters. The van der Waals surface area contributed by atoms with Crippen LogP contribution >= 0.6 is 0 Å². The van der Waals surface area contributed by atoms with Gasteiger partial charge >= 0.3 is 0 Å². The third kappa shape index (κ3) is 2.27. The smallest absolute Gasteiger partial charge is 0.122 e. The molecule has 1 fully saturated rings. The monoisotopic (exact) mass is 158 g/mol. The first-order valence-electron chi connectivity index (χ1n) is 4.01. The van der Waals surface area contributed by atoms with E-state index in [0.29, 0.717) is 6.42 Å². The zero-order valence-electron chi connectivity index (χ0n) is 6.69. The second-order valence-corrected chi connectivity index (χ2v) is 3.03. The molecule has 0 spiro atoms. The van der Waals surface area contributed by atoms with Crippen LogP contribution in [0.2, 0.25) is 0 Å². The molecule has 0 bridgehead atoms. The van der Waals surface area contributed by atoms with E-state index in [0.717, 1.165) is 19.1 Å². The average molecular weight is 158 g/mol. The lowest BCUT2D eigenvalue weighted by molar-refractivity contribution is -0.128. The molecule has 1 N–H and O–H groups in total. The molecule has 0 aromatic rings. The van der Waals surface area contributed by atoms with Gasteiger partial charge in [-0.3, -0.25) is 0 Å². The highest BCUT2D eigenvalue weighted by Crippen LogP contribution is 2.20. The van der Waals surface area contributed by atoms with Crippen molar-refractivity contribution >= 4 is 6.29 Å². The number of ether oxygens (including phenoxy) is 1. The van der Waals surface area contributed by atoms with Gasteiger partial charge in [-0.1, -0.05) is 0 Å². The summed E-state index contributed by atoms with van der Waals surface area (Å²) in [4.78, 5) is 10.1. The van der Waals surface area contributed by atoms with Crippen LogP contribution in [0.4, 0.5) is 0 Å². The van der Waals surface area contributed by atoms with Crippen molar-refractivity contribution in [2.24, 2.45) is 0 Å². The summed E-state index contributed by atoms with van der Waals surface area (Å²) in [6.07, 6.45) is 2.21. The molecule has 0 radical (unpaired) electrons. The van der Waals surface area contributed by atoms with E-state index in [9.17, 15) is 9.90 Å². The van der Waals surface area contributed by atoms with E-state index in [2.05, 4.69) is 0 Å². The van der Waals surface area contributed by atoms with E-state index in [-0.39, 0.29) is 12.2 Å². The summed E-state index contributed by atoms with van der Waals surface area (Å²) in [5.74, 6) is 0. The summed E-state index contributed by atoms with van der Waals surface area (Å²) in [6, 6.07) is 0.